The predicted molar refractivity (Wildman–Crippen MR) is 62.6 cm³/mol. The molecule has 1 fully saturated rings. The summed E-state index contributed by atoms with van der Waals surface area (Å²) in [6.07, 6.45) is 5.72. The first-order valence-electron chi connectivity index (χ1n) is 5.76. The fourth-order valence-electron chi connectivity index (χ4n) is 2.08. The van der Waals surface area contributed by atoms with Crippen molar-refractivity contribution in [3.63, 3.8) is 0 Å². The molecule has 0 bridgehead atoms. The maximum absolute atomic E-state index is 5.74. The maximum atomic E-state index is 5.74. The maximum Gasteiger partial charge on any atom is 0.234 e. The Balaban J connectivity index is 2.16. The van der Waals surface area contributed by atoms with Gasteiger partial charge in [-0.25, -0.2) is 0 Å². The molecule has 0 spiro atoms. The van der Waals surface area contributed by atoms with E-state index in [0.717, 1.165) is 18.8 Å². The van der Waals surface area contributed by atoms with E-state index in [0.29, 0.717) is 25.1 Å². The van der Waals surface area contributed by atoms with Crippen LogP contribution in [0.1, 0.15) is 19.8 Å². The van der Waals surface area contributed by atoms with Crippen LogP contribution in [-0.4, -0.2) is 35.7 Å². The highest BCUT2D eigenvalue weighted by Crippen LogP contribution is 2.23. The summed E-state index contributed by atoms with van der Waals surface area (Å²) in [5.74, 6) is 1.46. The molecule has 0 aromatic carbocycles. The average molecular weight is 222 g/mol. The van der Waals surface area contributed by atoms with Crippen molar-refractivity contribution in [2.45, 2.75) is 25.8 Å². The number of nitrogens with two attached hydrogens (primary N) is 1. The van der Waals surface area contributed by atoms with Crippen LogP contribution in [0, 0.1) is 0 Å². The highest BCUT2D eigenvalue weighted by molar-refractivity contribution is 5.40. The zero-order valence-electron chi connectivity index (χ0n) is 9.59. The third kappa shape index (κ3) is 2.24. The molecule has 1 aromatic heterocycles. The lowest BCUT2D eigenvalue weighted by Crippen LogP contribution is -2.36. The second-order valence-electron chi connectivity index (χ2n) is 3.87. The number of nitrogens with zero attached hydrogens (tertiary/aromatic N) is 3. The van der Waals surface area contributed by atoms with Crippen LogP contribution in [0.25, 0.3) is 0 Å². The van der Waals surface area contributed by atoms with E-state index in [-0.39, 0.29) is 0 Å². The van der Waals surface area contributed by atoms with E-state index in [4.69, 9.17) is 10.5 Å². The molecule has 0 amide bonds. The van der Waals surface area contributed by atoms with Crippen LogP contribution in [0.15, 0.2) is 12.4 Å². The van der Waals surface area contributed by atoms with Gasteiger partial charge in [0.25, 0.3) is 0 Å². The fourth-order valence-corrected chi connectivity index (χ4v) is 2.08. The van der Waals surface area contributed by atoms with Gasteiger partial charge in [-0.2, -0.15) is 4.98 Å². The molecule has 1 saturated heterocycles. The number of ether oxygens (including phenoxy) is 1. The molecule has 1 atom stereocenters. The van der Waals surface area contributed by atoms with Gasteiger partial charge in [-0.1, -0.05) is 0 Å². The van der Waals surface area contributed by atoms with E-state index in [1.165, 1.54) is 6.42 Å². The van der Waals surface area contributed by atoms with Gasteiger partial charge < -0.3 is 15.4 Å². The molecule has 2 rings (SSSR count). The first kappa shape index (κ1) is 11.1. The lowest BCUT2D eigenvalue weighted by molar-refractivity contribution is 0.325. The summed E-state index contributed by atoms with van der Waals surface area (Å²) in [4.78, 5) is 10.8. The second-order valence-corrected chi connectivity index (χ2v) is 3.87. The topological polar surface area (TPSA) is 64.3 Å². The predicted octanol–water partition coefficient (Wildman–Crippen LogP) is 0.803. The highest BCUT2D eigenvalue weighted by atomic mass is 16.5. The van der Waals surface area contributed by atoms with Crippen molar-refractivity contribution in [2.75, 3.05) is 24.6 Å². The van der Waals surface area contributed by atoms with E-state index in [2.05, 4.69) is 14.9 Å². The minimum absolute atomic E-state index is 0.395. The molecular formula is C11H18N4O. The number of hydrogen-bond donors (Lipinski definition) is 1. The SMILES string of the molecule is CCOc1cncc(N2CCCC2CN)n1. The van der Waals surface area contributed by atoms with Gasteiger partial charge in [-0.15, -0.1) is 0 Å². The van der Waals surface area contributed by atoms with Crippen LogP contribution >= 0.6 is 0 Å². The number of anilines is 1. The number of rotatable bonds is 4. The van der Waals surface area contributed by atoms with E-state index in [1.807, 2.05) is 6.92 Å². The molecule has 1 unspecified atom stereocenters. The van der Waals surface area contributed by atoms with Crippen molar-refractivity contribution in [1.29, 1.82) is 0 Å². The Labute approximate surface area is 95.6 Å². The van der Waals surface area contributed by atoms with E-state index in [9.17, 15) is 0 Å². The van der Waals surface area contributed by atoms with E-state index in [1.54, 1.807) is 12.4 Å². The van der Waals surface area contributed by atoms with Gasteiger partial charge in [0, 0.05) is 19.1 Å². The Kier molecular flexibility index (Phi) is 3.56. The monoisotopic (exact) mass is 222 g/mol. The summed E-state index contributed by atoms with van der Waals surface area (Å²) in [6.45, 7) is 4.22. The van der Waals surface area contributed by atoms with E-state index >= 15 is 0 Å². The Morgan fingerprint density at radius 3 is 3.19 bits per heavy atom. The quantitative estimate of drug-likeness (QED) is 0.816. The Morgan fingerprint density at radius 2 is 2.44 bits per heavy atom. The fraction of sp³-hybridized carbons (Fsp3) is 0.636. The third-order valence-corrected chi connectivity index (χ3v) is 2.84. The van der Waals surface area contributed by atoms with Crippen molar-refractivity contribution in [2.24, 2.45) is 5.73 Å². The van der Waals surface area contributed by atoms with Gasteiger partial charge in [0.2, 0.25) is 5.88 Å². The lowest BCUT2D eigenvalue weighted by atomic mass is 10.2. The van der Waals surface area contributed by atoms with Gasteiger partial charge in [-0.3, -0.25) is 4.98 Å². The van der Waals surface area contributed by atoms with Gasteiger partial charge >= 0.3 is 0 Å². The normalized spacial score (nSPS) is 20.1. The molecule has 1 aromatic rings. The minimum atomic E-state index is 0.395. The molecule has 0 aliphatic carbocycles. The second kappa shape index (κ2) is 5.12. The molecular weight excluding hydrogens is 204 g/mol. The van der Waals surface area contributed by atoms with Crippen molar-refractivity contribution in [3.05, 3.63) is 12.4 Å². The Bertz CT molecular complexity index is 345. The summed E-state index contributed by atoms with van der Waals surface area (Å²) < 4.78 is 5.34. The van der Waals surface area contributed by atoms with Crippen LogP contribution < -0.4 is 15.4 Å². The molecule has 88 valence electrons. The van der Waals surface area contributed by atoms with Gasteiger partial charge in [0.05, 0.1) is 19.0 Å². The molecule has 1 aliphatic heterocycles. The smallest absolute Gasteiger partial charge is 0.234 e. The molecule has 5 heteroatoms. The van der Waals surface area contributed by atoms with Gasteiger partial charge in [0.1, 0.15) is 0 Å². The molecule has 1 aliphatic rings. The summed E-state index contributed by atoms with van der Waals surface area (Å²) in [7, 11) is 0. The molecule has 2 heterocycles. The average Bonchev–Trinajstić information content (AvgIpc) is 2.78. The van der Waals surface area contributed by atoms with Gasteiger partial charge in [0.15, 0.2) is 5.82 Å². The first-order chi connectivity index (χ1) is 7.85. The van der Waals surface area contributed by atoms with Crippen molar-refractivity contribution >= 4 is 5.82 Å². The van der Waals surface area contributed by atoms with Crippen molar-refractivity contribution in [3.8, 4) is 5.88 Å². The summed E-state index contributed by atoms with van der Waals surface area (Å²) in [5, 5.41) is 0. The highest BCUT2D eigenvalue weighted by Gasteiger charge is 2.24. The van der Waals surface area contributed by atoms with Crippen molar-refractivity contribution < 1.29 is 4.74 Å². The summed E-state index contributed by atoms with van der Waals surface area (Å²) in [5.41, 5.74) is 5.74. The Morgan fingerprint density at radius 1 is 1.56 bits per heavy atom. The number of aromatic nitrogens is 2. The lowest BCUT2D eigenvalue weighted by Gasteiger charge is -2.24. The third-order valence-electron chi connectivity index (χ3n) is 2.84. The molecule has 2 N–H and O–H groups in total. The van der Waals surface area contributed by atoms with Crippen LogP contribution in [-0.2, 0) is 0 Å². The largest absolute Gasteiger partial charge is 0.477 e. The van der Waals surface area contributed by atoms with Crippen LogP contribution in [0.2, 0.25) is 0 Å². The van der Waals surface area contributed by atoms with Crippen molar-refractivity contribution in [1.82, 2.24) is 9.97 Å². The molecule has 0 radical (unpaired) electrons. The first-order valence-corrected chi connectivity index (χ1v) is 5.76. The molecule has 0 saturated carbocycles. The zero-order valence-corrected chi connectivity index (χ0v) is 9.59. The molecule has 5 nitrogen and oxygen atoms in total. The van der Waals surface area contributed by atoms with E-state index < -0.39 is 0 Å². The summed E-state index contributed by atoms with van der Waals surface area (Å²) in [6, 6.07) is 0.395. The molecule has 16 heavy (non-hydrogen) atoms. The van der Waals surface area contributed by atoms with Crippen LogP contribution in [0.4, 0.5) is 5.82 Å². The standard InChI is InChI=1S/C11H18N4O/c1-2-16-11-8-13-7-10(14-11)15-5-3-4-9(15)6-12/h7-9H,2-6,12H2,1H3. The zero-order chi connectivity index (χ0) is 11.4. The van der Waals surface area contributed by atoms with Crippen LogP contribution in [0.3, 0.4) is 0 Å². The Hall–Kier alpha value is -1.36. The minimum Gasteiger partial charge on any atom is -0.477 e. The summed E-state index contributed by atoms with van der Waals surface area (Å²) >= 11 is 0. The number of hydrogen-bond acceptors (Lipinski definition) is 5. The van der Waals surface area contributed by atoms with Crippen LogP contribution in [0.5, 0.6) is 5.88 Å². The van der Waals surface area contributed by atoms with Gasteiger partial charge in [-0.05, 0) is 19.8 Å².